The van der Waals surface area contributed by atoms with E-state index in [0.717, 1.165) is 35.9 Å². The Morgan fingerprint density at radius 3 is 2.83 bits per heavy atom. The first kappa shape index (κ1) is 13.5. The van der Waals surface area contributed by atoms with Crippen molar-refractivity contribution in [2.75, 3.05) is 11.4 Å². The lowest BCUT2D eigenvalue weighted by molar-refractivity contribution is 0.514. The molecule has 18 heavy (non-hydrogen) atoms. The number of anilines is 1. The number of primary sulfonamides is 1. The van der Waals surface area contributed by atoms with Gasteiger partial charge in [-0.1, -0.05) is 17.4 Å². The Morgan fingerprint density at radius 2 is 2.28 bits per heavy atom. The molecule has 5 nitrogen and oxygen atoms in total. The number of hydrogen-bond acceptors (Lipinski definition) is 5. The second-order valence-electron chi connectivity index (χ2n) is 4.41. The van der Waals surface area contributed by atoms with E-state index >= 15 is 0 Å². The normalized spacial score (nSPS) is 21.0. The first-order valence-electron chi connectivity index (χ1n) is 5.83. The SMILES string of the molecule is C=CC1CCCCN1c1nc(C)c(S(N)(=O)=O)s1. The molecule has 1 saturated heterocycles. The summed E-state index contributed by atoms with van der Waals surface area (Å²) in [7, 11) is -3.67. The summed E-state index contributed by atoms with van der Waals surface area (Å²) in [5, 5.41) is 5.89. The van der Waals surface area contributed by atoms with Crippen LogP contribution >= 0.6 is 11.3 Å². The molecule has 1 aliphatic heterocycles. The topological polar surface area (TPSA) is 76.3 Å². The van der Waals surface area contributed by atoms with Crippen LogP contribution in [0.3, 0.4) is 0 Å². The van der Waals surface area contributed by atoms with Crippen molar-refractivity contribution in [3.8, 4) is 0 Å². The van der Waals surface area contributed by atoms with Gasteiger partial charge in [0.2, 0.25) is 10.0 Å². The van der Waals surface area contributed by atoms with Gasteiger partial charge >= 0.3 is 0 Å². The smallest absolute Gasteiger partial charge is 0.249 e. The van der Waals surface area contributed by atoms with Crippen LogP contribution in [0.5, 0.6) is 0 Å². The quantitative estimate of drug-likeness (QED) is 0.858. The Hall–Kier alpha value is -0.920. The highest BCUT2D eigenvalue weighted by atomic mass is 32.2. The zero-order valence-corrected chi connectivity index (χ0v) is 11.9. The number of aryl methyl sites for hydroxylation is 1. The molecular formula is C11H17N3O2S2. The highest BCUT2D eigenvalue weighted by Gasteiger charge is 2.25. The number of rotatable bonds is 3. The number of sulfonamides is 1. The summed E-state index contributed by atoms with van der Waals surface area (Å²) in [4.78, 5) is 6.45. The van der Waals surface area contributed by atoms with E-state index in [1.807, 2.05) is 6.08 Å². The average Bonchev–Trinajstić information content (AvgIpc) is 2.71. The van der Waals surface area contributed by atoms with E-state index in [9.17, 15) is 8.42 Å². The van der Waals surface area contributed by atoms with Gasteiger partial charge in [-0.2, -0.15) is 0 Å². The third kappa shape index (κ3) is 2.57. The Kier molecular flexibility index (Phi) is 3.74. The maximum Gasteiger partial charge on any atom is 0.249 e. The summed E-state index contributed by atoms with van der Waals surface area (Å²) < 4.78 is 23.0. The Balaban J connectivity index is 2.36. The molecule has 1 aromatic heterocycles. The van der Waals surface area contributed by atoms with Crippen LogP contribution in [0.4, 0.5) is 5.13 Å². The van der Waals surface area contributed by atoms with Gasteiger partial charge < -0.3 is 4.90 Å². The van der Waals surface area contributed by atoms with Gasteiger partial charge in [0, 0.05) is 12.6 Å². The number of hydrogen-bond donors (Lipinski definition) is 1. The lowest BCUT2D eigenvalue weighted by Gasteiger charge is -2.33. The van der Waals surface area contributed by atoms with Crippen molar-refractivity contribution >= 4 is 26.5 Å². The molecule has 0 spiro atoms. The van der Waals surface area contributed by atoms with E-state index in [1.54, 1.807) is 6.92 Å². The first-order chi connectivity index (χ1) is 8.43. The largest absolute Gasteiger partial charge is 0.342 e. The van der Waals surface area contributed by atoms with E-state index in [2.05, 4.69) is 16.5 Å². The van der Waals surface area contributed by atoms with Crippen molar-refractivity contribution in [1.29, 1.82) is 0 Å². The molecule has 1 fully saturated rings. The van der Waals surface area contributed by atoms with E-state index < -0.39 is 10.0 Å². The van der Waals surface area contributed by atoms with Gasteiger partial charge in [-0.15, -0.1) is 6.58 Å². The number of aromatic nitrogens is 1. The minimum absolute atomic E-state index is 0.158. The van der Waals surface area contributed by atoms with Gasteiger partial charge in [0.1, 0.15) is 0 Å². The molecule has 2 N–H and O–H groups in total. The minimum Gasteiger partial charge on any atom is -0.342 e. The van der Waals surface area contributed by atoms with Gasteiger partial charge in [-0.05, 0) is 26.2 Å². The second-order valence-corrected chi connectivity index (χ2v) is 7.14. The second kappa shape index (κ2) is 4.99. The third-order valence-electron chi connectivity index (χ3n) is 3.07. The molecule has 2 heterocycles. The Labute approximate surface area is 111 Å². The molecule has 1 aromatic rings. The maximum absolute atomic E-state index is 11.4. The molecule has 1 unspecified atom stereocenters. The number of piperidine rings is 1. The van der Waals surface area contributed by atoms with Crippen LogP contribution in [0.15, 0.2) is 16.9 Å². The molecular weight excluding hydrogens is 270 g/mol. The predicted molar refractivity (Wildman–Crippen MR) is 73.4 cm³/mol. The van der Waals surface area contributed by atoms with E-state index in [1.165, 1.54) is 6.42 Å². The summed E-state index contributed by atoms with van der Waals surface area (Å²) in [6, 6.07) is 0.234. The molecule has 0 amide bonds. The Morgan fingerprint density at radius 1 is 1.56 bits per heavy atom. The van der Waals surface area contributed by atoms with Crippen molar-refractivity contribution in [3.05, 3.63) is 18.3 Å². The zero-order chi connectivity index (χ0) is 13.3. The summed E-state index contributed by atoms with van der Waals surface area (Å²) in [6.45, 7) is 6.39. The van der Waals surface area contributed by atoms with Crippen molar-refractivity contribution in [3.63, 3.8) is 0 Å². The van der Waals surface area contributed by atoms with E-state index in [4.69, 9.17) is 5.14 Å². The van der Waals surface area contributed by atoms with Crippen LogP contribution in [0.1, 0.15) is 25.0 Å². The van der Waals surface area contributed by atoms with Crippen molar-refractivity contribution in [2.45, 2.75) is 36.4 Å². The van der Waals surface area contributed by atoms with Gasteiger partial charge in [0.25, 0.3) is 0 Å². The summed E-state index contributed by atoms with van der Waals surface area (Å²) >= 11 is 1.15. The summed E-state index contributed by atoms with van der Waals surface area (Å²) in [5.74, 6) is 0. The molecule has 0 aliphatic carbocycles. The lowest BCUT2D eigenvalue weighted by Crippen LogP contribution is -2.38. The minimum atomic E-state index is -3.67. The maximum atomic E-state index is 11.4. The zero-order valence-electron chi connectivity index (χ0n) is 10.3. The molecule has 100 valence electrons. The molecule has 1 aliphatic rings. The van der Waals surface area contributed by atoms with Crippen LogP contribution in [-0.2, 0) is 10.0 Å². The van der Waals surface area contributed by atoms with Crippen LogP contribution in [0, 0.1) is 6.92 Å². The summed E-state index contributed by atoms with van der Waals surface area (Å²) in [6.07, 6.45) is 5.19. The number of nitrogens with zero attached hydrogens (tertiary/aromatic N) is 2. The predicted octanol–water partition coefficient (Wildman–Crippen LogP) is 1.64. The van der Waals surface area contributed by atoms with Crippen molar-refractivity contribution in [1.82, 2.24) is 4.98 Å². The molecule has 0 radical (unpaired) electrons. The van der Waals surface area contributed by atoms with E-state index in [0.29, 0.717) is 5.69 Å². The number of nitrogens with two attached hydrogens (primary N) is 1. The first-order valence-corrected chi connectivity index (χ1v) is 8.19. The van der Waals surface area contributed by atoms with Gasteiger partial charge in [-0.3, -0.25) is 0 Å². The average molecular weight is 287 g/mol. The van der Waals surface area contributed by atoms with Crippen LogP contribution in [0.2, 0.25) is 0 Å². The van der Waals surface area contributed by atoms with Crippen LogP contribution < -0.4 is 10.0 Å². The fraction of sp³-hybridized carbons (Fsp3) is 0.545. The number of thiazole rings is 1. The molecule has 1 atom stereocenters. The van der Waals surface area contributed by atoms with Gasteiger partial charge in [0.05, 0.1) is 5.69 Å². The fourth-order valence-corrected chi connectivity index (χ4v) is 4.23. The van der Waals surface area contributed by atoms with Crippen molar-refractivity contribution < 1.29 is 8.42 Å². The standard InChI is InChI=1S/C11H17N3O2S2/c1-3-9-6-4-5-7-14(9)11-13-8(2)10(17-11)18(12,15)16/h3,9H,1,4-7H2,2H3,(H2,12,15,16). The summed E-state index contributed by atoms with van der Waals surface area (Å²) in [5.41, 5.74) is 0.478. The van der Waals surface area contributed by atoms with E-state index in [-0.39, 0.29) is 10.3 Å². The lowest BCUT2D eigenvalue weighted by atomic mass is 10.0. The monoisotopic (exact) mass is 287 g/mol. The molecule has 0 bridgehead atoms. The molecule has 2 rings (SSSR count). The third-order valence-corrected chi connectivity index (χ3v) is 5.82. The van der Waals surface area contributed by atoms with Crippen LogP contribution in [-0.4, -0.2) is 26.0 Å². The molecule has 0 aromatic carbocycles. The van der Waals surface area contributed by atoms with Crippen molar-refractivity contribution in [2.24, 2.45) is 5.14 Å². The van der Waals surface area contributed by atoms with Gasteiger partial charge in [-0.25, -0.2) is 18.5 Å². The molecule has 0 saturated carbocycles. The van der Waals surface area contributed by atoms with Gasteiger partial charge in [0.15, 0.2) is 9.34 Å². The Bertz CT molecular complexity index is 551. The molecule has 7 heteroatoms. The highest BCUT2D eigenvalue weighted by Crippen LogP contribution is 2.33. The van der Waals surface area contributed by atoms with Crippen LogP contribution in [0.25, 0.3) is 0 Å². The fourth-order valence-electron chi connectivity index (χ4n) is 2.20. The highest BCUT2D eigenvalue weighted by molar-refractivity contribution is 7.91.